The summed E-state index contributed by atoms with van der Waals surface area (Å²) in [6, 6.07) is 11.4. The Bertz CT molecular complexity index is 694. The molecule has 2 aromatic rings. The van der Waals surface area contributed by atoms with Gasteiger partial charge in [-0.2, -0.15) is 13.2 Å². The van der Waals surface area contributed by atoms with E-state index in [0.717, 1.165) is 11.6 Å². The predicted octanol–water partition coefficient (Wildman–Crippen LogP) is 4.44. The van der Waals surface area contributed by atoms with E-state index in [1.807, 2.05) is 12.1 Å². The first-order chi connectivity index (χ1) is 11.0. The van der Waals surface area contributed by atoms with Gasteiger partial charge in [0, 0.05) is 42.5 Å². The normalized spacial score (nSPS) is 15.7. The largest absolute Gasteiger partial charge is 0.418 e. The first kappa shape index (κ1) is 16.1. The molecule has 0 saturated carbocycles. The minimum absolute atomic E-state index is 0.219. The van der Waals surface area contributed by atoms with Gasteiger partial charge in [0.25, 0.3) is 0 Å². The fourth-order valence-corrected chi connectivity index (χ4v) is 3.05. The summed E-state index contributed by atoms with van der Waals surface area (Å²) in [5, 5.41) is 3.68. The van der Waals surface area contributed by atoms with Crippen molar-refractivity contribution in [3.8, 4) is 11.1 Å². The molecule has 2 aromatic carbocycles. The van der Waals surface area contributed by atoms with Crippen molar-refractivity contribution in [2.75, 3.05) is 31.1 Å². The van der Waals surface area contributed by atoms with Crippen LogP contribution in [0, 0.1) is 0 Å². The van der Waals surface area contributed by atoms with E-state index in [0.29, 0.717) is 36.8 Å². The van der Waals surface area contributed by atoms with Crippen LogP contribution in [0.3, 0.4) is 0 Å². The average Bonchev–Trinajstić information content (AvgIpc) is 2.55. The fourth-order valence-electron chi connectivity index (χ4n) is 2.80. The zero-order valence-corrected chi connectivity index (χ0v) is 13.1. The van der Waals surface area contributed by atoms with Crippen LogP contribution in [0.2, 0.25) is 5.02 Å². The number of anilines is 1. The van der Waals surface area contributed by atoms with E-state index in [9.17, 15) is 13.2 Å². The second-order valence-corrected chi connectivity index (χ2v) is 5.85. The van der Waals surface area contributed by atoms with Gasteiger partial charge in [0.1, 0.15) is 0 Å². The molecule has 122 valence electrons. The third kappa shape index (κ3) is 3.46. The van der Waals surface area contributed by atoms with E-state index < -0.39 is 11.7 Å². The molecule has 2 nitrogen and oxygen atoms in total. The molecular formula is C17H16ClF3N2. The highest BCUT2D eigenvalue weighted by Crippen LogP contribution is 2.40. The van der Waals surface area contributed by atoms with Crippen molar-refractivity contribution in [1.29, 1.82) is 0 Å². The molecule has 23 heavy (non-hydrogen) atoms. The third-order valence-electron chi connectivity index (χ3n) is 3.95. The lowest BCUT2D eigenvalue weighted by atomic mass is 10.0. The molecule has 6 heteroatoms. The van der Waals surface area contributed by atoms with Gasteiger partial charge in [-0.3, -0.25) is 0 Å². The molecule has 0 atom stereocenters. The molecule has 1 aliphatic rings. The molecule has 3 rings (SSSR count). The van der Waals surface area contributed by atoms with Gasteiger partial charge in [0.2, 0.25) is 0 Å². The van der Waals surface area contributed by atoms with Crippen LogP contribution in [-0.2, 0) is 6.18 Å². The zero-order chi connectivity index (χ0) is 16.4. The van der Waals surface area contributed by atoms with Crippen molar-refractivity contribution in [3.63, 3.8) is 0 Å². The number of nitrogens with zero attached hydrogens (tertiary/aromatic N) is 1. The predicted molar refractivity (Wildman–Crippen MR) is 87.0 cm³/mol. The van der Waals surface area contributed by atoms with E-state index in [1.54, 1.807) is 23.1 Å². The second-order valence-electron chi connectivity index (χ2n) is 5.45. The Morgan fingerprint density at radius 2 is 1.70 bits per heavy atom. The summed E-state index contributed by atoms with van der Waals surface area (Å²) in [4.78, 5) is 1.78. The number of piperazine rings is 1. The van der Waals surface area contributed by atoms with Crippen molar-refractivity contribution >= 4 is 17.3 Å². The molecule has 0 unspecified atom stereocenters. The molecule has 1 aliphatic heterocycles. The van der Waals surface area contributed by atoms with Gasteiger partial charge in [-0.25, -0.2) is 0 Å². The Kier molecular flexibility index (Phi) is 4.50. The Morgan fingerprint density at radius 1 is 1.00 bits per heavy atom. The van der Waals surface area contributed by atoms with Crippen molar-refractivity contribution in [3.05, 3.63) is 53.1 Å². The number of rotatable bonds is 2. The lowest BCUT2D eigenvalue weighted by Gasteiger charge is -2.32. The Labute approximate surface area is 137 Å². The summed E-state index contributed by atoms with van der Waals surface area (Å²) >= 11 is 6.18. The molecule has 0 amide bonds. The third-order valence-corrected chi connectivity index (χ3v) is 4.28. The van der Waals surface area contributed by atoms with Crippen molar-refractivity contribution in [2.45, 2.75) is 6.18 Å². The van der Waals surface area contributed by atoms with E-state index in [1.165, 1.54) is 6.07 Å². The molecule has 1 fully saturated rings. The van der Waals surface area contributed by atoms with Crippen molar-refractivity contribution in [2.24, 2.45) is 0 Å². The van der Waals surface area contributed by atoms with E-state index in [4.69, 9.17) is 11.6 Å². The van der Waals surface area contributed by atoms with Crippen LogP contribution in [0.4, 0.5) is 18.9 Å². The molecule has 1 heterocycles. The first-order valence-corrected chi connectivity index (χ1v) is 7.76. The molecule has 0 bridgehead atoms. The minimum Gasteiger partial charge on any atom is -0.368 e. The smallest absolute Gasteiger partial charge is 0.368 e. The Hall–Kier alpha value is -1.72. The number of alkyl halides is 3. The monoisotopic (exact) mass is 340 g/mol. The van der Waals surface area contributed by atoms with E-state index >= 15 is 0 Å². The summed E-state index contributed by atoms with van der Waals surface area (Å²) in [7, 11) is 0. The van der Waals surface area contributed by atoms with Crippen LogP contribution in [-0.4, -0.2) is 26.2 Å². The summed E-state index contributed by atoms with van der Waals surface area (Å²) in [5.41, 5.74) is 1.04. The maximum absolute atomic E-state index is 13.3. The summed E-state index contributed by atoms with van der Waals surface area (Å²) in [6.07, 6.45) is -4.38. The number of hydrogen-bond acceptors (Lipinski definition) is 2. The molecule has 1 saturated heterocycles. The van der Waals surface area contributed by atoms with Crippen LogP contribution in [0.5, 0.6) is 0 Å². The number of hydrogen-bond donors (Lipinski definition) is 1. The van der Waals surface area contributed by atoms with Gasteiger partial charge in [-0.05, 0) is 23.8 Å². The topological polar surface area (TPSA) is 15.3 Å². The SMILES string of the molecule is FC(F)(F)c1ccc(-c2ccccc2Cl)cc1N1CCNCC1. The van der Waals surface area contributed by atoms with Crippen molar-refractivity contribution < 1.29 is 13.2 Å². The van der Waals surface area contributed by atoms with Gasteiger partial charge in [0.15, 0.2) is 0 Å². The van der Waals surface area contributed by atoms with Crippen LogP contribution in [0.25, 0.3) is 11.1 Å². The highest BCUT2D eigenvalue weighted by Gasteiger charge is 2.35. The molecule has 0 radical (unpaired) electrons. The summed E-state index contributed by atoms with van der Waals surface area (Å²) in [5.74, 6) is 0. The molecule has 0 aromatic heterocycles. The number of benzene rings is 2. The van der Waals surface area contributed by atoms with Gasteiger partial charge in [-0.15, -0.1) is 0 Å². The van der Waals surface area contributed by atoms with Gasteiger partial charge < -0.3 is 10.2 Å². The zero-order valence-electron chi connectivity index (χ0n) is 12.3. The lowest BCUT2D eigenvalue weighted by molar-refractivity contribution is -0.137. The van der Waals surface area contributed by atoms with Crippen molar-refractivity contribution in [1.82, 2.24) is 5.32 Å². The highest BCUT2D eigenvalue weighted by atomic mass is 35.5. The summed E-state index contributed by atoms with van der Waals surface area (Å²) < 4.78 is 40.0. The number of nitrogens with one attached hydrogen (secondary N) is 1. The molecule has 0 spiro atoms. The molecule has 1 N–H and O–H groups in total. The molecule has 0 aliphatic carbocycles. The maximum atomic E-state index is 13.3. The van der Waals surface area contributed by atoms with Gasteiger partial charge in [0.05, 0.1) is 5.56 Å². The van der Waals surface area contributed by atoms with Gasteiger partial charge >= 0.3 is 6.18 Å². The van der Waals surface area contributed by atoms with E-state index in [2.05, 4.69) is 5.32 Å². The Balaban J connectivity index is 2.09. The standard InChI is InChI=1S/C17H16ClF3N2/c18-15-4-2-1-3-13(15)12-5-6-14(17(19,20)21)16(11-12)23-9-7-22-8-10-23/h1-6,11,22H,7-10H2. The van der Waals surface area contributed by atoms with Crippen LogP contribution < -0.4 is 10.2 Å². The van der Waals surface area contributed by atoms with E-state index in [-0.39, 0.29) is 5.69 Å². The average molecular weight is 341 g/mol. The lowest BCUT2D eigenvalue weighted by Crippen LogP contribution is -2.44. The summed E-state index contributed by atoms with van der Waals surface area (Å²) in [6.45, 7) is 2.45. The highest BCUT2D eigenvalue weighted by molar-refractivity contribution is 6.33. The minimum atomic E-state index is -4.38. The second kappa shape index (κ2) is 6.42. The fraction of sp³-hybridized carbons (Fsp3) is 0.294. The Morgan fingerprint density at radius 3 is 2.35 bits per heavy atom. The maximum Gasteiger partial charge on any atom is 0.418 e. The van der Waals surface area contributed by atoms with Crippen LogP contribution >= 0.6 is 11.6 Å². The quantitative estimate of drug-likeness (QED) is 0.869. The van der Waals surface area contributed by atoms with Gasteiger partial charge in [-0.1, -0.05) is 35.9 Å². The molecular weight excluding hydrogens is 325 g/mol. The number of halogens is 4. The van der Waals surface area contributed by atoms with Crippen LogP contribution in [0.15, 0.2) is 42.5 Å². The van der Waals surface area contributed by atoms with Crippen LogP contribution in [0.1, 0.15) is 5.56 Å². The first-order valence-electron chi connectivity index (χ1n) is 7.38.